The third kappa shape index (κ3) is 2.29. The Bertz CT molecular complexity index is 810. The van der Waals surface area contributed by atoms with Crippen molar-refractivity contribution in [3.05, 3.63) is 53.3 Å². The topological polar surface area (TPSA) is 74.8 Å². The van der Waals surface area contributed by atoms with Gasteiger partial charge in [-0.05, 0) is 12.1 Å². The predicted molar refractivity (Wildman–Crippen MR) is 82.4 cm³/mol. The number of aromatic nitrogens is 4. The monoisotopic (exact) mass is 311 g/mol. The van der Waals surface area contributed by atoms with Crippen LogP contribution in [0.25, 0.3) is 10.6 Å². The van der Waals surface area contributed by atoms with Crippen molar-refractivity contribution in [3.63, 3.8) is 0 Å². The maximum Gasteiger partial charge on any atom is 0.265 e. The molecular weight excluding hydrogens is 298 g/mol. The van der Waals surface area contributed by atoms with E-state index in [1.54, 1.807) is 24.9 Å². The van der Waals surface area contributed by atoms with E-state index in [1.165, 1.54) is 11.3 Å². The number of carbonyl (C=O) groups is 1. The lowest BCUT2D eigenvalue weighted by molar-refractivity contribution is 0.0736. The Balaban J connectivity index is 1.56. The van der Waals surface area contributed by atoms with E-state index in [-0.39, 0.29) is 5.91 Å². The van der Waals surface area contributed by atoms with Gasteiger partial charge in [-0.3, -0.25) is 9.78 Å². The van der Waals surface area contributed by atoms with E-state index in [2.05, 4.69) is 19.9 Å². The third-order valence-corrected chi connectivity index (χ3v) is 4.72. The number of nitrogens with one attached hydrogen (secondary N) is 1. The Hall–Kier alpha value is -2.54. The van der Waals surface area contributed by atoms with E-state index in [0.29, 0.717) is 18.0 Å². The van der Waals surface area contributed by atoms with Crippen LogP contribution in [0.1, 0.15) is 21.1 Å². The average molecular weight is 311 g/mol. The van der Waals surface area contributed by atoms with E-state index in [4.69, 9.17) is 0 Å². The van der Waals surface area contributed by atoms with Crippen LogP contribution in [-0.2, 0) is 13.0 Å². The molecule has 1 amide bonds. The number of hydrogen-bond donors (Lipinski definition) is 1. The van der Waals surface area contributed by atoms with Gasteiger partial charge < -0.3 is 9.88 Å². The number of thiazole rings is 1. The molecule has 110 valence electrons. The van der Waals surface area contributed by atoms with Gasteiger partial charge in [0.05, 0.1) is 30.5 Å². The number of nitrogens with zero attached hydrogens (tertiary/aromatic N) is 4. The molecule has 1 N–H and O–H groups in total. The van der Waals surface area contributed by atoms with E-state index in [0.717, 1.165) is 28.4 Å². The van der Waals surface area contributed by atoms with Crippen LogP contribution in [0.3, 0.4) is 0 Å². The summed E-state index contributed by atoms with van der Waals surface area (Å²) in [4.78, 5) is 30.9. The van der Waals surface area contributed by atoms with Crippen LogP contribution in [0, 0.1) is 0 Å². The van der Waals surface area contributed by atoms with Crippen LogP contribution >= 0.6 is 11.3 Å². The molecule has 0 fully saturated rings. The summed E-state index contributed by atoms with van der Waals surface area (Å²) in [5, 5.41) is 0.815. The number of imidazole rings is 1. The molecule has 0 aliphatic carbocycles. The van der Waals surface area contributed by atoms with Gasteiger partial charge >= 0.3 is 0 Å². The molecule has 3 aromatic heterocycles. The van der Waals surface area contributed by atoms with Gasteiger partial charge in [0, 0.05) is 30.9 Å². The average Bonchev–Trinajstić information content (AvgIpc) is 3.23. The lowest BCUT2D eigenvalue weighted by Crippen LogP contribution is -2.35. The summed E-state index contributed by atoms with van der Waals surface area (Å²) in [5.41, 5.74) is 3.02. The molecule has 0 saturated carbocycles. The zero-order valence-corrected chi connectivity index (χ0v) is 12.5. The lowest BCUT2D eigenvalue weighted by atomic mass is 10.1. The molecule has 22 heavy (non-hydrogen) atoms. The second-order valence-electron chi connectivity index (χ2n) is 5.08. The zero-order chi connectivity index (χ0) is 14.9. The van der Waals surface area contributed by atoms with Gasteiger partial charge in [0.25, 0.3) is 5.91 Å². The number of hydrogen-bond acceptors (Lipinski definition) is 5. The maximum absolute atomic E-state index is 12.6. The largest absolute Gasteiger partial charge is 0.347 e. The second kappa shape index (κ2) is 5.34. The van der Waals surface area contributed by atoms with Gasteiger partial charge in [-0.25, -0.2) is 9.97 Å². The number of H-pyrrole nitrogens is 1. The van der Waals surface area contributed by atoms with Gasteiger partial charge in [0.15, 0.2) is 0 Å². The van der Waals surface area contributed by atoms with Crippen LogP contribution in [0.15, 0.2) is 37.1 Å². The van der Waals surface area contributed by atoms with Gasteiger partial charge in [-0.15, -0.1) is 11.3 Å². The third-order valence-electron chi connectivity index (χ3n) is 3.69. The van der Waals surface area contributed by atoms with E-state index in [1.807, 2.05) is 17.0 Å². The maximum atomic E-state index is 12.6. The van der Waals surface area contributed by atoms with Crippen LogP contribution in [0.2, 0.25) is 0 Å². The first-order valence-corrected chi connectivity index (χ1v) is 7.79. The van der Waals surface area contributed by atoms with Gasteiger partial charge in [-0.1, -0.05) is 0 Å². The summed E-state index contributed by atoms with van der Waals surface area (Å²) in [6.45, 7) is 1.27. The molecule has 4 rings (SSSR count). The van der Waals surface area contributed by atoms with Gasteiger partial charge in [0.1, 0.15) is 9.88 Å². The Morgan fingerprint density at radius 1 is 1.32 bits per heavy atom. The smallest absolute Gasteiger partial charge is 0.265 e. The summed E-state index contributed by atoms with van der Waals surface area (Å²) in [5.74, 6) is 0.0212. The predicted octanol–water partition coefficient (Wildman–Crippen LogP) is 2.13. The number of fused-ring (bicyclic) bond motifs is 1. The van der Waals surface area contributed by atoms with Crippen molar-refractivity contribution in [3.8, 4) is 10.6 Å². The van der Waals surface area contributed by atoms with Crippen LogP contribution in [0.5, 0.6) is 0 Å². The van der Waals surface area contributed by atoms with E-state index < -0.39 is 0 Å². The molecule has 0 bridgehead atoms. The summed E-state index contributed by atoms with van der Waals surface area (Å²) < 4.78 is 0. The summed E-state index contributed by atoms with van der Waals surface area (Å²) in [6, 6.07) is 3.81. The van der Waals surface area contributed by atoms with E-state index >= 15 is 0 Å². The minimum absolute atomic E-state index is 0.0212. The second-order valence-corrected chi connectivity index (χ2v) is 6.11. The molecule has 0 spiro atoms. The highest BCUT2D eigenvalue weighted by molar-refractivity contribution is 7.16. The summed E-state index contributed by atoms with van der Waals surface area (Å²) in [7, 11) is 0. The fraction of sp³-hybridized carbons (Fsp3) is 0.200. The van der Waals surface area contributed by atoms with Crippen LogP contribution in [-0.4, -0.2) is 37.3 Å². The highest BCUT2D eigenvalue weighted by atomic mass is 32.1. The molecule has 1 aliphatic rings. The van der Waals surface area contributed by atoms with Crippen molar-refractivity contribution in [2.24, 2.45) is 0 Å². The summed E-state index contributed by atoms with van der Waals surface area (Å²) >= 11 is 1.40. The zero-order valence-electron chi connectivity index (χ0n) is 11.7. The van der Waals surface area contributed by atoms with E-state index in [9.17, 15) is 4.79 Å². The minimum atomic E-state index is 0.0212. The van der Waals surface area contributed by atoms with Crippen molar-refractivity contribution in [1.29, 1.82) is 0 Å². The molecule has 0 saturated heterocycles. The Morgan fingerprint density at radius 3 is 3.14 bits per heavy atom. The van der Waals surface area contributed by atoms with Crippen molar-refractivity contribution in [2.75, 3.05) is 6.54 Å². The molecule has 3 aromatic rings. The Kier molecular flexibility index (Phi) is 3.19. The molecule has 4 heterocycles. The van der Waals surface area contributed by atoms with Crippen molar-refractivity contribution < 1.29 is 4.79 Å². The number of amides is 1. The normalized spacial score (nSPS) is 13.9. The van der Waals surface area contributed by atoms with Crippen molar-refractivity contribution in [2.45, 2.75) is 13.0 Å². The lowest BCUT2D eigenvalue weighted by Gasteiger charge is -2.25. The molecular formula is C15H13N5OS. The molecule has 0 atom stereocenters. The van der Waals surface area contributed by atoms with Crippen LogP contribution < -0.4 is 0 Å². The van der Waals surface area contributed by atoms with Crippen molar-refractivity contribution >= 4 is 17.2 Å². The quantitative estimate of drug-likeness (QED) is 0.786. The Morgan fingerprint density at radius 2 is 2.27 bits per heavy atom. The fourth-order valence-electron chi connectivity index (χ4n) is 2.54. The highest BCUT2D eigenvalue weighted by Gasteiger charge is 2.24. The SMILES string of the molecule is O=C(c1cnc(-c2cccnc2)s1)N1CCc2nc[nH]c2C1. The van der Waals surface area contributed by atoms with Crippen LogP contribution in [0.4, 0.5) is 0 Å². The molecule has 6 nitrogen and oxygen atoms in total. The minimum Gasteiger partial charge on any atom is -0.347 e. The number of aromatic amines is 1. The molecule has 1 aliphatic heterocycles. The first kappa shape index (κ1) is 13.1. The first-order valence-electron chi connectivity index (χ1n) is 6.98. The van der Waals surface area contributed by atoms with Gasteiger partial charge in [0.2, 0.25) is 0 Å². The molecule has 0 radical (unpaired) electrons. The molecule has 0 unspecified atom stereocenters. The Labute approximate surface area is 130 Å². The number of carbonyl (C=O) groups excluding carboxylic acids is 1. The van der Waals surface area contributed by atoms with Crippen molar-refractivity contribution in [1.82, 2.24) is 24.8 Å². The highest BCUT2D eigenvalue weighted by Crippen LogP contribution is 2.26. The molecule has 0 aromatic carbocycles. The number of pyridine rings is 1. The standard InChI is InChI=1S/C15H13N5OS/c21-15(20-5-3-11-12(8-20)19-9-18-11)13-7-17-14(22-13)10-2-1-4-16-6-10/h1-2,4,6-7,9H,3,5,8H2,(H,18,19). The first-order chi connectivity index (χ1) is 10.8. The fourth-order valence-corrected chi connectivity index (χ4v) is 3.41. The number of rotatable bonds is 2. The molecule has 7 heteroatoms. The van der Waals surface area contributed by atoms with Gasteiger partial charge in [-0.2, -0.15) is 0 Å². The summed E-state index contributed by atoms with van der Waals surface area (Å²) in [6.07, 6.45) is 7.60.